The molecule has 0 heterocycles. The second-order valence-electron chi connectivity index (χ2n) is 6.89. The highest BCUT2D eigenvalue weighted by molar-refractivity contribution is 7.61. The molecule has 40 heavy (non-hydrogen) atoms. The van der Waals surface area contributed by atoms with E-state index in [1.807, 2.05) is 0 Å². The predicted molar refractivity (Wildman–Crippen MR) is 112 cm³/mol. The summed E-state index contributed by atoms with van der Waals surface area (Å²) in [5.41, 5.74) is 0. The van der Waals surface area contributed by atoms with E-state index in [1.54, 1.807) is 0 Å². The number of rotatable bonds is 14. The number of aliphatic hydroxyl groups excluding tert-OH is 1. The van der Waals surface area contributed by atoms with Crippen molar-refractivity contribution in [1.82, 2.24) is 0 Å². The van der Waals surface area contributed by atoms with Crippen LogP contribution < -0.4 is 0 Å². The highest BCUT2D eigenvalue weighted by Crippen LogP contribution is 2.63. The Hall–Kier alpha value is 0.810. The normalized spacial score (nSPS) is 30.4. The van der Waals surface area contributed by atoms with Crippen molar-refractivity contribution < 1.29 is 127 Å². The molecule has 240 valence electrons. The first kappa shape index (κ1) is 38.8. The lowest BCUT2D eigenvalue weighted by atomic mass is 9.85. The Morgan fingerprint density at radius 1 is 0.350 bits per heavy atom. The summed E-state index contributed by atoms with van der Waals surface area (Å²) in [5.74, 6) is 0. The summed E-state index contributed by atoms with van der Waals surface area (Å²) in [6.45, 7) is 0. The first-order valence-corrected chi connectivity index (χ1v) is 19.4. The highest BCUT2D eigenvalue weighted by Gasteiger charge is 2.61. The standard InChI is InChI=1S/C6H19O27P7/c7-1-2(30-39(23,24)32-37(17,18)19)4(27-34(8,9)10)6(29-36(14,15)16)5(28-35(11,12)13)3(1)31-40(25,26)33-38(20,21)22/h1-7H,(H,23,24)(H,25,26)(H2,8,9,10)(H2,11,12,13)(H2,14,15,16)(H2,17,18,19)(H2,20,21,22)/t1?,2-,3+,4-,5-,6?/m0/s1. The summed E-state index contributed by atoms with van der Waals surface area (Å²) in [7, 11) is -42.9. The van der Waals surface area contributed by atoms with Crippen molar-refractivity contribution in [1.29, 1.82) is 0 Å². The Morgan fingerprint density at radius 2 is 0.575 bits per heavy atom. The Morgan fingerprint density at radius 3 is 0.775 bits per heavy atom. The van der Waals surface area contributed by atoms with E-state index in [1.165, 1.54) is 0 Å². The van der Waals surface area contributed by atoms with Crippen molar-refractivity contribution in [2.24, 2.45) is 0 Å². The van der Waals surface area contributed by atoms with E-state index in [0.29, 0.717) is 0 Å². The van der Waals surface area contributed by atoms with E-state index in [2.05, 4.69) is 31.2 Å². The average molecular weight is 740 g/mol. The molecule has 0 saturated heterocycles. The molecule has 1 aliphatic carbocycles. The molecular weight excluding hydrogens is 721 g/mol. The van der Waals surface area contributed by atoms with Gasteiger partial charge in [0.15, 0.2) is 0 Å². The van der Waals surface area contributed by atoms with Gasteiger partial charge in [-0.2, -0.15) is 8.62 Å². The van der Waals surface area contributed by atoms with Crippen LogP contribution in [0, 0.1) is 0 Å². The summed E-state index contributed by atoms with van der Waals surface area (Å²) < 4.78 is 108. The molecule has 0 aromatic rings. The van der Waals surface area contributed by atoms with Crippen LogP contribution in [0.4, 0.5) is 0 Å². The molecule has 13 N–H and O–H groups in total. The van der Waals surface area contributed by atoms with E-state index in [4.69, 9.17) is 19.6 Å². The molecule has 1 fully saturated rings. The van der Waals surface area contributed by atoms with Crippen molar-refractivity contribution in [2.45, 2.75) is 36.6 Å². The number of hydrogen-bond acceptors (Lipinski definition) is 15. The second-order valence-corrected chi connectivity index (χ2v) is 16.0. The third-order valence-corrected chi connectivity index (χ3v) is 9.60. The van der Waals surface area contributed by atoms with Crippen LogP contribution in [-0.4, -0.2) is 100 Å². The highest BCUT2D eigenvalue weighted by atomic mass is 31.3. The van der Waals surface area contributed by atoms with Crippen molar-refractivity contribution in [3.8, 4) is 0 Å². The maximum atomic E-state index is 12.1. The van der Waals surface area contributed by atoms with E-state index in [0.717, 1.165) is 0 Å². The van der Waals surface area contributed by atoms with Crippen LogP contribution in [0.3, 0.4) is 0 Å². The van der Waals surface area contributed by atoms with Gasteiger partial charge in [0, 0.05) is 0 Å². The minimum absolute atomic E-state index is 3.22. The van der Waals surface area contributed by atoms with Gasteiger partial charge in [0.05, 0.1) is 0 Å². The Kier molecular flexibility index (Phi) is 12.7. The predicted octanol–water partition coefficient (Wildman–Crippen LogP) is -3.02. The van der Waals surface area contributed by atoms with Crippen LogP contribution in [0.2, 0.25) is 0 Å². The monoisotopic (exact) mass is 740 g/mol. The summed E-state index contributed by atoms with van der Waals surface area (Å²) in [5, 5.41) is 10.6. The lowest BCUT2D eigenvalue weighted by Gasteiger charge is -2.47. The Balaban J connectivity index is 3.92. The first-order chi connectivity index (χ1) is 17.3. The SMILES string of the molecule is O=P(O)(O)OC1[C@@H](OP(=O)(O)O)[C@H](OP(=O)(O)OP(=O)(O)O)C(O)[C@H](OP(=O)(O)OP(=O)(O)O)[C@@H]1OP(=O)(O)O. The maximum absolute atomic E-state index is 12.1. The van der Waals surface area contributed by atoms with E-state index >= 15 is 0 Å². The second kappa shape index (κ2) is 13.0. The van der Waals surface area contributed by atoms with Crippen LogP contribution in [0.25, 0.3) is 0 Å². The molecule has 4 unspecified atom stereocenters. The largest absolute Gasteiger partial charge is 0.481 e. The zero-order valence-electron chi connectivity index (χ0n) is 18.1. The van der Waals surface area contributed by atoms with Crippen LogP contribution in [-0.2, 0) is 63.2 Å². The number of aliphatic hydroxyl groups is 1. The molecule has 0 spiro atoms. The fourth-order valence-corrected chi connectivity index (χ4v) is 8.07. The van der Waals surface area contributed by atoms with Crippen LogP contribution in [0.15, 0.2) is 0 Å². The molecule has 1 saturated carbocycles. The average Bonchev–Trinajstić information content (AvgIpc) is 2.57. The number of hydrogen-bond donors (Lipinski definition) is 13. The van der Waals surface area contributed by atoms with Crippen molar-refractivity contribution in [3.05, 3.63) is 0 Å². The van der Waals surface area contributed by atoms with E-state index in [9.17, 15) is 76.2 Å². The smallest absolute Gasteiger partial charge is 0.387 e. The van der Waals surface area contributed by atoms with Gasteiger partial charge < -0.3 is 63.8 Å². The zero-order valence-corrected chi connectivity index (χ0v) is 24.4. The summed E-state index contributed by atoms with van der Waals surface area (Å²) >= 11 is 0. The topological polar surface area (TPSA) is 447 Å². The molecule has 1 rings (SSSR count). The molecule has 1 aliphatic rings. The first-order valence-electron chi connectivity index (χ1n) is 8.76. The van der Waals surface area contributed by atoms with Crippen molar-refractivity contribution in [2.75, 3.05) is 0 Å². The fraction of sp³-hybridized carbons (Fsp3) is 1.00. The van der Waals surface area contributed by atoms with Crippen LogP contribution >= 0.6 is 54.8 Å². The summed E-state index contributed by atoms with van der Waals surface area (Å²) in [6.07, 6.45) is -19.5. The Labute approximate surface area is 219 Å². The Bertz CT molecular complexity index is 1140. The third-order valence-electron chi connectivity index (χ3n) is 3.67. The molecule has 27 nitrogen and oxygen atoms in total. The van der Waals surface area contributed by atoms with Crippen molar-refractivity contribution in [3.63, 3.8) is 0 Å². The van der Waals surface area contributed by atoms with Crippen molar-refractivity contribution >= 4 is 54.8 Å². The lowest BCUT2D eigenvalue weighted by molar-refractivity contribution is -0.205. The minimum Gasteiger partial charge on any atom is -0.387 e. The van der Waals surface area contributed by atoms with Crippen LogP contribution in [0.5, 0.6) is 0 Å². The van der Waals surface area contributed by atoms with Gasteiger partial charge in [0.2, 0.25) is 0 Å². The zero-order chi connectivity index (χ0) is 31.9. The van der Waals surface area contributed by atoms with Gasteiger partial charge in [0.1, 0.15) is 36.6 Å². The van der Waals surface area contributed by atoms with E-state index < -0.39 is 91.4 Å². The fourth-order valence-electron chi connectivity index (χ4n) is 2.83. The molecule has 0 aromatic carbocycles. The molecule has 0 aliphatic heterocycles. The van der Waals surface area contributed by atoms with Gasteiger partial charge in [-0.3, -0.25) is 22.6 Å². The van der Waals surface area contributed by atoms with E-state index in [-0.39, 0.29) is 0 Å². The third kappa shape index (κ3) is 14.5. The molecule has 0 bridgehead atoms. The maximum Gasteiger partial charge on any atom is 0.481 e. The molecule has 0 aromatic heterocycles. The van der Waals surface area contributed by atoms with Gasteiger partial charge in [-0.25, -0.2) is 32.0 Å². The minimum atomic E-state index is -6.32. The number of phosphoric acid groups is 7. The van der Waals surface area contributed by atoms with Crippen LogP contribution in [0.1, 0.15) is 0 Å². The van der Waals surface area contributed by atoms with Gasteiger partial charge in [0.25, 0.3) is 0 Å². The van der Waals surface area contributed by atoms with Gasteiger partial charge in [-0.1, -0.05) is 0 Å². The quantitative estimate of drug-likeness (QED) is 0.0788. The lowest BCUT2D eigenvalue weighted by Crippen LogP contribution is -2.66. The molecular formula is C6H19O27P7. The summed E-state index contributed by atoms with van der Waals surface area (Å²) in [6, 6.07) is 0. The van der Waals surface area contributed by atoms with Gasteiger partial charge in [-0.15, -0.1) is 0 Å². The molecule has 0 radical (unpaired) electrons. The molecule has 34 heteroatoms. The van der Waals surface area contributed by atoms with Gasteiger partial charge >= 0.3 is 54.8 Å². The van der Waals surface area contributed by atoms with Gasteiger partial charge in [-0.05, 0) is 0 Å². The summed E-state index contributed by atoms with van der Waals surface area (Å²) in [4.78, 5) is 109. The molecule has 0 amide bonds. The molecule has 8 atom stereocenters. The number of phosphoric ester groups is 5.